The number of ether oxygens (including phenoxy) is 1. The number of alkyl halides is 3. The third-order valence-corrected chi connectivity index (χ3v) is 3.10. The Hall–Kier alpha value is -2.58. The number of amides is 1. The fraction of sp³-hybridized carbons (Fsp3) is 0.400. The van der Waals surface area contributed by atoms with Gasteiger partial charge in [-0.15, -0.1) is 0 Å². The first-order chi connectivity index (χ1) is 11.1. The van der Waals surface area contributed by atoms with E-state index in [9.17, 15) is 22.8 Å². The van der Waals surface area contributed by atoms with E-state index >= 15 is 0 Å². The number of rotatable bonds is 7. The molecule has 0 aliphatic rings. The Kier molecular flexibility index (Phi) is 6.75. The lowest BCUT2D eigenvalue weighted by Crippen LogP contribution is -2.20. The van der Waals surface area contributed by atoms with Crippen LogP contribution in [0.3, 0.4) is 0 Å². The first kappa shape index (κ1) is 19.5. The molecule has 0 saturated heterocycles. The first-order valence-electron chi connectivity index (χ1n) is 6.91. The van der Waals surface area contributed by atoms with Gasteiger partial charge in [-0.1, -0.05) is 6.92 Å². The number of anilines is 1. The molecule has 132 valence electrons. The summed E-state index contributed by atoms with van der Waals surface area (Å²) in [6.45, 7) is 0.676. The summed E-state index contributed by atoms with van der Waals surface area (Å²) in [7, 11) is 1.31. The van der Waals surface area contributed by atoms with E-state index in [0.29, 0.717) is 0 Å². The highest BCUT2D eigenvalue weighted by Crippen LogP contribution is 2.27. The number of aromatic carboxylic acids is 1. The van der Waals surface area contributed by atoms with Crippen molar-refractivity contribution in [2.75, 3.05) is 19.0 Å². The van der Waals surface area contributed by atoms with Crippen molar-refractivity contribution in [2.24, 2.45) is 10.9 Å². The molecule has 0 radical (unpaired) electrons. The van der Waals surface area contributed by atoms with Crippen LogP contribution in [0, 0.1) is 5.92 Å². The minimum Gasteiger partial charge on any atom is -0.495 e. The van der Waals surface area contributed by atoms with Gasteiger partial charge in [-0.05, 0) is 30.8 Å². The Morgan fingerprint density at radius 2 is 2.08 bits per heavy atom. The third kappa shape index (κ3) is 5.90. The fourth-order valence-corrected chi connectivity index (χ4v) is 1.63. The zero-order valence-electron chi connectivity index (χ0n) is 13.1. The van der Waals surface area contributed by atoms with Crippen molar-refractivity contribution < 1.29 is 32.6 Å². The largest absolute Gasteiger partial charge is 0.495 e. The van der Waals surface area contributed by atoms with Gasteiger partial charge in [0.15, 0.2) is 0 Å². The van der Waals surface area contributed by atoms with Crippen molar-refractivity contribution in [2.45, 2.75) is 19.5 Å². The van der Waals surface area contributed by atoms with Crippen LogP contribution in [0.15, 0.2) is 23.2 Å². The molecule has 6 nitrogen and oxygen atoms in total. The van der Waals surface area contributed by atoms with Crippen molar-refractivity contribution >= 4 is 23.8 Å². The van der Waals surface area contributed by atoms with E-state index in [4.69, 9.17) is 9.84 Å². The van der Waals surface area contributed by atoms with Gasteiger partial charge < -0.3 is 15.2 Å². The number of methoxy groups -OCH3 is 1. The minimum atomic E-state index is -4.30. The third-order valence-electron chi connectivity index (χ3n) is 3.10. The van der Waals surface area contributed by atoms with Gasteiger partial charge in [0.1, 0.15) is 12.3 Å². The number of carbonyl (C=O) groups is 2. The van der Waals surface area contributed by atoms with E-state index in [-0.39, 0.29) is 30.0 Å². The number of aliphatic imine (C=N–C) groups is 1. The van der Waals surface area contributed by atoms with Gasteiger partial charge in [0, 0.05) is 0 Å². The number of carbonyl (C=O) groups excluding carboxylic acids is 1. The predicted molar refractivity (Wildman–Crippen MR) is 81.8 cm³/mol. The number of hydrogen-bond donors (Lipinski definition) is 2. The first-order valence-corrected chi connectivity index (χ1v) is 6.91. The summed E-state index contributed by atoms with van der Waals surface area (Å²) in [6.07, 6.45) is -3.55. The molecule has 0 aliphatic carbocycles. The molecule has 1 unspecified atom stereocenters. The van der Waals surface area contributed by atoms with Gasteiger partial charge in [-0.3, -0.25) is 9.79 Å². The highest BCUT2D eigenvalue weighted by atomic mass is 19.4. The quantitative estimate of drug-likeness (QED) is 0.743. The summed E-state index contributed by atoms with van der Waals surface area (Å²) in [6, 6.07) is 3.89. The molecule has 0 heterocycles. The number of benzene rings is 1. The van der Waals surface area contributed by atoms with E-state index in [1.54, 1.807) is 0 Å². The number of carboxylic acid groups (broad SMARTS) is 1. The van der Waals surface area contributed by atoms with Gasteiger partial charge in [0.25, 0.3) is 0 Å². The molecule has 0 spiro atoms. The van der Waals surface area contributed by atoms with Crippen LogP contribution >= 0.6 is 0 Å². The zero-order valence-corrected chi connectivity index (χ0v) is 13.1. The van der Waals surface area contributed by atoms with Crippen LogP contribution in [0.2, 0.25) is 0 Å². The molecule has 1 rings (SSSR count). The number of nitrogens with one attached hydrogen (secondary N) is 1. The fourth-order valence-electron chi connectivity index (χ4n) is 1.63. The normalized spacial score (nSPS) is 12.9. The second-order valence-corrected chi connectivity index (χ2v) is 4.97. The maximum atomic E-state index is 12.3. The summed E-state index contributed by atoms with van der Waals surface area (Å²) < 4.78 is 41.9. The summed E-state index contributed by atoms with van der Waals surface area (Å²) in [5.74, 6) is -3.09. The van der Waals surface area contributed by atoms with E-state index in [0.717, 1.165) is 13.1 Å². The highest BCUT2D eigenvalue weighted by Gasteiger charge is 2.34. The van der Waals surface area contributed by atoms with E-state index < -0.39 is 24.0 Å². The van der Waals surface area contributed by atoms with Crippen LogP contribution in [0.4, 0.5) is 18.9 Å². The molecule has 0 fully saturated rings. The van der Waals surface area contributed by atoms with Crippen LogP contribution in [-0.4, -0.2) is 43.0 Å². The molecule has 2 N–H and O–H groups in total. The van der Waals surface area contributed by atoms with Crippen molar-refractivity contribution in [3.05, 3.63) is 23.8 Å². The van der Waals surface area contributed by atoms with Crippen LogP contribution in [0.1, 0.15) is 23.7 Å². The molecule has 1 atom stereocenters. The van der Waals surface area contributed by atoms with Crippen LogP contribution in [0.5, 0.6) is 5.75 Å². The van der Waals surface area contributed by atoms with Crippen LogP contribution in [-0.2, 0) is 4.79 Å². The molecule has 1 amide bonds. The molecular weight excluding hydrogens is 329 g/mol. The number of carboxylic acids is 1. The molecular formula is C15H17F3N2O4. The SMILES string of the molecule is COc1cc(C(=O)O)ccc1NC(=O)C/N=C/CC(C)C(F)(F)F. The average Bonchev–Trinajstić information content (AvgIpc) is 2.50. The second kappa shape index (κ2) is 8.32. The monoisotopic (exact) mass is 346 g/mol. The summed E-state index contributed by atoms with van der Waals surface area (Å²) in [5.41, 5.74) is 0.232. The molecule has 0 bridgehead atoms. The van der Waals surface area contributed by atoms with Crippen LogP contribution < -0.4 is 10.1 Å². The number of hydrogen-bond acceptors (Lipinski definition) is 4. The van der Waals surface area contributed by atoms with E-state index in [2.05, 4.69) is 10.3 Å². The topological polar surface area (TPSA) is 88.0 Å². The predicted octanol–water partition coefficient (Wildman–Crippen LogP) is 2.99. The molecule has 9 heteroatoms. The smallest absolute Gasteiger partial charge is 0.391 e. The lowest BCUT2D eigenvalue weighted by atomic mass is 10.1. The molecule has 0 aliphatic heterocycles. The lowest BCUT2D eigenvalue weighted by molar-refractivity contribution is -0.167. The Balaban J connectivity index is 2.61. The summed E-state index contributed by atoms with van der Waals surface area (Å²) >= 11 is 0. The van der Waals surface area contributed by atoms with Gasteiger partial charge in [-0.25, -0.2) is 4.79 Å². The van der Waals surface area contributed by atoms with E-state index in [1.165, 1.54) is 25.3 Å². The second-order valence-electron chi connectivity index (χ2n) is 4.97. The van der Waals surface area contributed by atoms with Gasteiger partial charge in [0.05, 0.1) is 24.3 Å². The van der Waals surface area contributed by atoms with Crippen molar-refractivity contribution in [3.8, 4) is 5.75 Å². The molecule has 0 aromatic heterocycles. The minimum absolute atomic E-state index is 0.0102. The Morgan fingerprint density at radius 1 is 1.42 bits per heavy atom. The van der Waals surface area contributed by atoms with Crippen LogP contribution in [0.25, 0.3) is 0 Å². The van der Waals surface area contributed by atoms with Crippen molar-refractivity contribution in [3.63, 3.8) is 0 Å². The van der Waals surface area contributed by atoms with Gasteiger partial charge >= 0.3 is 12.1 Å². The van der Waals surface area contributed by atoms with Crippen molar-refractivity contribution in [1.82, 2.24) is 0 Å². The number of nitrogens with zero attached hydrogens (tertiary/aromatic N) is 1. The number of halogens is 3. The molecule has 1 aromatic rings. The molecule has 1 aromatic carbocycles. The van der Waals surface area contributed by atoms with Gasteiger partial charge in [0.2, 0.25) is 5.91 Å². The maximum absolute atomic E-state index is 12.3. The standard InChI is InChI=1S/C15H17F3N2O4/c1-9(15(16,17)18)5-6-19-8-13(21)20-11-4-3-10(14(22)23)7-12(11)24-2/h3-4,6-7,9H,5,8H2,1-2H3,(H,20,21)(H,22,23)/b19-6+. The summed E-state index contributed by atoms with van der Waals surface area (Å²) in [5, 5.41) is 11.3. The Bertz CT molecular complexity index is 630. The Morgan fingerprint density at radius 3 is 2.62 bits per heavy atom. The zero-order chi connectivity index (χ0) is 18.3. The Labute approximate surface area is 136 Å². The maximum Gasteiger partial charge on any atom is 0.391 e. The average molecular weight is 346 g/mol. The lowest BCUT2D eigenvalue weighted by Gasteiger charge is -2.12. The highest BCUT2D eigenvalue weighted by molar-refractivity contribution is 5.96. The summed E-state index contributed by atoms with van der Waals surface area (Å²) in [4.78, 5) is 26.2. The van der Waals surface area contributed by atoms with Gasteiger partial charge in [-0.2, -0.15) is 13.2 Å². The van der Waals surface area contributed by atoms with E-state index in [1.807, 2.05) is 0 Å². The molecule has 24 heavy (non-hydrogen) atoms. The van der Waals surface area contributed by atoms with Crippen molar-refractivity contribution in [1.29, 1.82) is 0 Å². The molecule has 0 saturated carbocycles.